The highest BCUT2D eigenvalue weighted by Gasteiger charge is 2.05. The molecule has 86 valence electrons. The van der Waals surface area contributed by atoms with Crippen molar-refractivity contribution in [1.82, 2.24) is 10.3 Å². The van der Waals surface area contributed by atoms with Gasteiger partial charge in [0.05, 0.1) is 0 Å². The first-order chi connectivity index (χ1) is 7.61. The second-order valence-corrected chi connectivity index (χ2v) is 3.00. The molecule has 7 heteroatoms. The number of amidine groups is 1. The van der Waals surface area contributed by atoms with Crippen molar-refractivity contribution in [3.63, 3.8) is 0 Å². The van der Waals surface area contributed by atoms with Gasteiger partial charge in [0.2, 0.25) is 5.95 Å². The van der Waals surface area contributed by atoms with E-state index in [4.69, 9.17) is 0 Å². The number of nitro groups is 1. The van der Waals surface area contributed by atoms with E-state index in [0.29, 0.717) is 6.54 Å². The predicted octanol–water partition coefficient (Wildman–Crippen LogP) is 0.615. The van der Waals surface area contributed by atoms with Crippen LogP contribution in [-0.4, -0.2) is 29.3 Å². The van der Waals surface area contributed by atoms with Crippen LogP contribution in [0.4, 0.5) is 4.39 Å². The number of rotatable bonds is 4. The molecule has 0 atom stereocenters. The highest BCUT2D eigenvalue weighted by molar-refractivity contribution is 5.82. The molecule has 0 unspecified atom stereocenters. The summed E-state index contributed by atoms with van der Waals surface area (Å²) < 4.78 is 12.5. The molecule has 0 saturated carbocycles. The normalized spacial score (nSPS) is 11.2. The third-order valence-electron chi connectivity index (χ3n) is 1.83. The van der Waals surface area contributed by atoms with Crippen molar-refractivity contribution < 1.29 is 9.31 Å². The third-order valence-corrected chi connectivity index (χ3v) is 1.83. The van der Waals surface area contributed by atoms with Crippen LogP contribution in [0.25, 0.3) is 0 Å². The first-order valence-corrected chi connectivity index (χ1v) is 4.53. The Bertz CT molecular complexity index is 391. The molecule has 0 aromatic carbocycles. The smallest absolute Gasteiger partial charge is 0.259 e. The zero-order valence-corrected chi connectivity index (χ0v) is 8.68. The van der Waals surface area contributed by atoms with Crippen LogP contribution in [0.15, 0.2) is 23.3 Å². The van der Waals surface area contributed by atoms with Crippen LogP contribution in [0, 0.1) is 16.1 Å². The molecule has 0 saturated heterocycles. The largest absolute Gasteiger partial charge is 0.364 e. The maximum atomic E-state index is 12.5. The average molecular weight is 226 g/mol. The maximum Gasteiger partial charge on any atom is 0.259 e. The number of aliphatic imine (C=N–C) groups is 1. The van der Waals surface area contributed by atoms with Gasteiger partial charge in [-0.05, 0) is 11.6 Å². The number of aromatic nitrogens is 1. The summed E-state index contributed by atoms with van der Waals surface area (Å²) in [6.45, 7) is -0.0289. The molecule has 16 heavy (non-hydrogen) atoms. The summed E-state index contributed by atoms with van der Waals surface area (Å²) in [6, 6.07) is 2.78. The molecular weight excluding hydrogens is 215 g/mol. The summed E-state index contributed by atoms with van der Waals surface area (Å²) in [5, 5.41) is 13.0. The quantitative estimate of drug-likeness (QED) is 0.268. The molecule has 1 heterocycles. The molecule has 1 aromatic heterocycles. The van der Waals surface area contributed by atoms with Gasteiger partial charge in [-0.1, -0.05) is 6.07 Å². The second kappa shape index (κ2) is 5.74. The van der Waals surface area contributed by atoms with Crippen LogP contribution in [-0.2, 0) is 6.54 Å². The molecule has 6 nitrogen and oxygen atoms in total. The molecule has 1 aromatic rings. The Morgan fingerprint density at radius 3 is 2.94 bits per heavy atom. The van der Waals surface area contributed by atoms with Crippen molar-refractivity contribution in [2.24, 2.45) is 4.99 Å². The van der Waals surface area contributed by atoms with Crippen LogP contribution in [0.5, 0.6) is 0 Å². The van der Waals surface area contributed by atoms with E-state index in [1.54, 1.807) is 6.07 Å². The lowest BCUT2D eigenvalue weighted by atomic mass is 10.3. The maximum absolute atomic E-state index is 12.5. The molecule has 0 aliphatic rings. The summed E-state index contributed by atoms with van der Waals surface area (Å²) in [5.41, 5.74) is 0.728. The van der Waals surface area contributed by atoms with Crippen molar-refractivity contribution in [3.8, 4) is 0 Å². The average Bonchev–Trinajstić information content (AvgIpc) is 2.26. The fraction of sp³-hybridized carbons (Fsp3) is 0.333. The molecule has 0 fully saturated rings. The van der Waals surface area contributed by atoms with Gasteiger partial charge in [0.15, 0.2) is 5.84 Å². The van der Waals surface area contributed by atoms with Crippen molar-refractivity contribution in [1.29, 1.82) is 0 Å². The molecular formula is C9H11FN4O2. The molecule has 1 rings (SSSR count). The minimum Gasteiger partial charge on any atom is -0.364 e. The Kier molecular flexibility index (Phi) is 4.31. The van der Waals surface area contributed by atoms with Gasteiger partial charge in [-0.2, -0.15) is 4.39 Å². The number of hydrogen-bond donors (Lipinski definition) is 1. The van der Waals surface area contributed by atoms with Gasteiger partial charge >= 0.3 is 0 Å². The van der Waals surface area contributed by atoms with E-state index >= 15 is 0 Å². The molecule has 0 radical (unpaired) electrons. The Hall–Kier alpha value is -2.05. The standard InChI is InChI=1S/C9H11FN4O2/c1-11-9(6-14(15)16)13-5-7-2-3-8(10)12-4-7/h2-4H,5-6H2,1H3,(H,11,13). The van der Waals surface area contributed by atoms with Crippen LogP contribution in [0.3, 0.4) is 0 Å². The van der Waals surface area contributed by atoms with E-state index in [9.17, 15) is 14.5 Å². The Balaban J connectivity index is 2.50. The number of nitrogens with one attached hydrogen (secondary N) is 1. The SMILES string of the molecule is CN=C(C[N+](=O)[O-])NCc1ccc(F)nc1. The van der Waals surface area contributed by atoms with Gasteiger partial charge in [0, 0.05) is 24.7 Å². The number of pyridine rings is 1. The molecule has 0 aliphatic carbocycles. The Morgan fingerprint density at radius 1 is 1.69 bits per heavy atom. The van der Waals surface area contributed by atoms with Crippen molar-refractivity contribution in [2.75, 3.05) is 13.6 Å². The van der Waals surface area contributed by atoms with Crippen LogP contribution in [0.2, 0.25) is 0 Å². The van der Waals surface area contributed by atoms with Crippen LogP contribution in [0.1, 0.15) is 5.56 Å². The number of halogens is 1. The Labute approximate surface area is 91.4 Å². The van der Waals surface area contributed by atoms with E-state index in [1.807, 2.05) is 0 Å². The topological polar surface area (TPSA) is 80.4 Å². The van der Waals surface area contributed by atoms with E-state index in [2.05, 4.69) is 15.3 Å². The molecule has 1 N–H and O–H groups in total. The van der Waals surface area contributed by atoms with Gasteiger partial charge in [0.25, 0.3) is 6.54 Å². The Morgan fingerprint density at radius 2 is 2.44 bits per heavy atom. The fourth-order valence-corrected chi connectivity index (χ4v) is 1.04. The second-order valence-electron chi connectivity index (χ2n) is 3.00. The van der Waals surface area contributed by atoms with Gasteiger partial charge in [0.1, 0.15) is 0 Å². The van der Waals surface area contributed by atoms with E-state index < -0.39 is 10.9 Å². The number of nitrogens with zero attached hydrogens (tertiary/aromatic N) is 3. The van der Waals surface area contributed by atoms with E-state index in [1.165, 1.54) is 19.3 Å². The highest BCUT2D eigenvalue weighted by Crippen LogP contribution is 1.98. The number of hydrogen-bond acceptors (Lipinski definition) is 4. The highest BCUT2D eigenvalue weighted by atomic mass is 19.1. The molecule has 0 spiro atoms. The van der Waals surface area contributed by atoms with Gasteiger partial charge in [-0.25, -0.2) is 4.98 Å². The van der Waals surface area contributed by atoms with Crippen molar-refractivity contribution in [2.45, 2.75) is 6.54 Å². The minimum atomic E-state index is -0.557. The summed E-state index contributed by atoms with van der Waals surface area (Å²) in [6.07, 6.45) is 1.36. The van der Waals surface area contributed by atoms with Crippen molar-refractivity contribution >= 4 is 5.84 Å². The lowest BCUT2D eigenvalue weighted by Crippen LogP contribution is -2.29. The molecule has 0 aliphatic heterocycles. The van der Waals surface area contributed by atoms with Crippen molar-refractivity contribution in [3.05, 3.63) is 40.0 Å². The van der Waals surface area contributed by atoms with Crippen LogP contribution < -0.4 is 5.32 Å². The summed E-state index contributed by atoms with van der Waals surface area (Å²) in [5.74, 6) is -0.284. The van der Waals surface area contributed by atoms with Gasteiger partial charge in [-0.15, -0.1) is 0 Å². The summed E-state index contributed by atoms with van der Waals surface area (Å²) in [4.78, 5) is 17.0. The monoisotopic (exact) mass is 226 g/mol. The zero-order chi connectivity index (χ0) is 12.0. The molecule has 0 amide bonds. The third kappa shape index (κ3) is 3.99. The lowest BCUT2D eigenvalue weighted by Gasteiger charge is -2.05. The van der Waals surface area contributed by atoms with E-state index in [0.717, 1.165) is 5.56 Å². The summed E-state index contributed by atoms with van der Waals surface area (Å²) in [7, 11) is 1.47. The first kappa shape index (κ1) is 12.0. The predicted molar refractivity (Wildman–Crippen MR) is 56.3 cm³/mol. The van der Waals surface area contributed by atoms with Crippen LogP contribution >= 0.6 is 0 Å². The summed E-state index contributed by atoms with van der Waals surface area (Å²) >= 11 is 0. The lowest BCUT2D eigenvalue weighted by molar-refractivity contribution is -0.463. The van der Waals surface area contributed by atoms with E-state index in [-0.39, 0.29) is 12.4 Å². The minimum absolute atomic E-state index is 0.273. The molecule has 0 bridgehead atoms. The zero-order valence-electron chi connectivity index (χ0n) is 8.68. The first-order valence-electron chi connectivity index (χ1n) is 4.53. The van der Waals surface area contributed by atoms with Gasteiger partial charge in [-0.3, -0.25) is 15.1 Å². The van der Waals surface area contributed by atoms with Gasteiger partial charge < -0.3 is 5.32 Å². The fourth-order valence-electron chi connectivity index (χ4n) is 1.04.